The molecule has 0 heterocycles. The molecular formula is C15H13Cl2FO2. The summed E-state index contributed by atoms with van der Waals surface area (Å²) in [6.07, 6.45) is -0.855. The molecule has 0 amide bonds. The molecular weight excluding hydrogens is 302 g/mol. The van der Waals surface area contributed by atoms with Crippen molar-refractivity contribution in [2.45, 2.75) is 19.6 Å². The van der Waals surface area contributed by atoms with Gasteiger partial charge in [-0.1, -0.05) is 35.3 Å². The molecule has 0 radical (unpaired) electrons. The molecule has 1 unspecified atom stereocenters. The first-order chi connectivity index (χ1) is 9.49. The Bertz CT molecular complexity index is 615. The molecule has 1 N–H and O–H groups in total. The maximum Gasteiger partial charge on any atom is 0.132 e. The Morgan fingerprint density at radius 2 is 2.00 bits per heavy atom. The molecule has 0 bridgehead atoms. The summed E-state index contributed by atoms with van der Waals surface area (Å²) in [7, 11) is 0. The molecule has 5 heteroatoms. The van der Waals surface area contributed by atoms with Gasteiger partial charge in [-0.05, 0) is 25.1 Å². The first kappa shape index (κ1) is 15.1. The largest absolute Gasteiger partial charge is 0.489 e. The molecule has 0 fully saturated rings. The molecule has 0 saturated heterocycles. The topological polar surface area (TPSA) is 29.5 Å². The minimum absolute atomic E-state index is 0.187. The Morgan fingerprint density at radius 3 is 2.65 bits per heavy atom. The van der Waals surface area contributed by atoms with E-state index in [0.717, 1.165) is 5.56 Å². The van der Waals surface area contributed by atoms with Crippen molar-refractivity contribution in [2.24, 2.45) is 0 Å². The van der Waals surface area contributed by atoms with Crippen molar-refractivity contribution in [3.05, 3.63) is 63.4 Å². The van der Waals surface area contributed by atoms with Gasteiger partial charge in [-0.15, -0.1) is 0 Å². The lowest BCUT2D eigenvalue weighted by molar-refractivity contribution is 0.194. The van der Waals surface area contributed by atoms with E-state index in [-0.39, 0.29) is 12.2 Å². The summed E-state index contributed by atoms with van der Waals surface area (Å²) >= 11 is 11.9. The van der Waals surface area contributed by atoms with Crippen LogP contribution in [0.25, 0.3) is 0 Å². The number of hydrogen-bond acceptors (Lipinski definition) is 2. The van der Waals surface area contributed by atoms with Crippen molar-refractivity contribution in [2.75, 3.05) is 0 Å². The summed E-state index contributed by atoms with van der Waals surface area (Å²) < 4.78 is 19.2. The van der Waals surface area contributed by atoms with Gasteiger partial charge in [0, 0.05) is 17.2 Å². The van der Waals surface area contributed by atoms with E-state index in [4.69, 9.17) is 27.9 Å². The van der Waals surface area contributed by atoms with Gasteiger partial charge in [-0.2, -0.15) is 0 Å². The lowest BCUT2D eigenvalue weighted by Gasteiger charge is -2.11. The zero-order valence-corrected chi connectivity index (χ0v) is 12.2. The van der Waals surface area contributed by atoms with Gasteiger partial charge in [0.05, 0.1) is 16.1 Å². The van der Waals surface area contributed by atoms with Gasteiger partial charge in [-0.25, -0.2) is 4.39 Å². The second-order valence-electron chi connectivity index (χ2n) is 4.36. The monoisotopic (exact) mass is 314 g/mol. The third-order valence-electron chi connectivity index (χ3n) is 2.85. The highest BCUT2D eigenvalue weighted by molar-refractivity contribution is 6.42. The number of aliphatic hydroxyl groups excluding tert-OH is 1. The molecule has 20 heavy (non-hydrogen) atoms. The molecule has 0 aliphatic carbocycles. The maximum absolute atomic E-state index is 13.7. The number of aliphatic hydroxyl groups is 1. The van der Waals surface area contributed by atoms with Crippen LogP contribution in [0.5, 0.6) is 5.75 Å². The first-order valence-electron chi connectivity index (χ1n) is 6.02. The van der Waals surface area contributed by atoms with Crippen LogP contribution >= 0.6 is 23.2 Å². The van der Waals surface area contributed by atoms with Crippen LogP contribution in [0.3, 0.4) is 0 Å². The molecule has 2 aromatic carbocycles. The van der Waals surface area contributed by atoms with Crippen molar-refractivity contribution >= 4 is 23.2 Å². The second kappa shape index (κ2) is 6.44. The highest BCUT2D eigenvalue weighted by atomic mass is 35.5. The highest BCUT2D eigenvalue weighted by Gasteiger charge is 2.10. The van der Waals surface area contributed by atoms with E-state index in [2.05, 4.69) is 0 Å². The van der Waals surface area contributed by atoms with E-state index in [9.17, 15) is 9.50 Å². The van der Waals surface area contributed by atoms with E-state index >= 15 is 0 Å². The minimum atomic E-state index is -0.855. The van der Waals surface area contributed by atoms with Gasteiger partial charge >= 0.3 is 0 Å². The van der Waals surface area contributed by atoms with E-state index < -0.39 is 11.9 Å². The van der Waals surface area contributed by atoms with Crippen LogP contribution in [-0.4, -0.2) is 5.11 Å². The molecule has 0 aliphatic rings. The van der Waals surface area contributed by atoms with Crippen molar-refractivity contribution in [3.63, 3.8) is 0 Å². The van der Waals surface area contributed by atoms with Crippen molar-refractivity contribution < 1.29 is 14.2 Å². The van der Waals surface area contributed by atoms with Gasteiger partial charge in [-0.3, -0.25) is 0 Å². The molecule has 106 valence electrons. The first-order valence-corrected chi connectivity index (χ1v) is 6.78. The van der Waals surface area contributed by atoms with Crippen LogP contribution in [0, 0.1) is 5.82 Å². The maximum atomic E-state index is 13.7. The standard InChI is InChI=1S/C15H13Cl2FO2/c1-9(19)12-6-5-11(7-14(12)18)20-8-10-3-2-4-13(16)15(10)17/h2-7,9,19H,8H2,1H3. The van der Waals surface area contributed by atoms with Crippen molar-refractivity contribution in [1.82, 2.24) is 0 Å². The van der Waals surface area contributed by atoms with Crippen LogP contribution in [0.1, 0.15) is 24.2 Å². The Kier molecular flexibility index (Phi) is 4.86. The highest BCUT2D eigenvalue weighted by Crippen LogP contribution is 2.27. The molecule has 0 aromatic heterocycles. The number of halogens is 3. The van der Waals surface area contributed by atoms with Gasteiger partial charge < -0.3 is 9.84 Å². The number of hydrogen-bond donors (Lipinski definition) is 1. The molecule has 2 aromatic rings. The minimum Gasteiger partial charge on any atom is -0.489 e. The summed E-state index contributed by atoms with van der Waals surface area (Å²) in [6, 6.07) is 9.57. The van der Waals surface area contributed by atoms with Gasteiger partial charge in [0.25, 0.3) is 0 Å². The Hall–Kier alpha value is -1.29. The molecule has 1 atom stereocenters. The van der Waals surface area contributed by atoms with Crippen LogP contribution in [0.4, 0.5) is 4.39 Å². The number of benzene rings is 2. The summed E-state index contributed by atoms with van der Waals surface area (Å²) in [4.78, 5) is 0. The van der Waals surface area contributed by atoms with Crippen molar-refractivity contribution in [3.8, 4) is 5.75 Å². The normalized spacial score (nSPS) is 12.2. The van der Waals surface area contributed by atoms with Crippen LogP contribution in [0.2, 0.25) is 10.0 Å². The third kappa shape index (κ3) is 3.42. The van der Waals surface area contributed by atoms with Gasteiger partial charge in [0.2, 0.25) is 0 Å². The molecule has 2 nitrogen and oxygen atoms in total. The summed E-state index contributed by atoms with van der Waals surface area (Å²) in [6.45, 7) is 1.69. The van der Waals surface area contributed by atoms with Crippen LogP contribution < -0.4 is 4.74 Å². The quantitative estimate of drug-likeness (QED) is 0.881. The zero-order chi connectivity index (χ0) is 14.7. The molecule has 0 saturated carbocycles. The Balaban J connectivity index is 2.11. The number of ether oxygens (including phenoxy) is 1. The van der Waals surface area contributed by atoms with Crippen LogP contribution in [-0.2, 0) is 6.61 Å². The zero-order valence-electron chi connectivity index (χ0n) is 10.7. The smallest absolute Gasteiger partial charge is 0.132 e. The summed E-state index contributed by atoms with van der Waals surface area (Å²) in [5, 5.41) is 10.2. The van der Waals surface area contributed by atoms with E-state index in [1.165, 1.54) is 19.1 Å². The predicted molar refractivity (Wildman–Crippen MR) is 77.8 cm³/mol. The summed E-state index contributed by atoms with van der Waals surface area (Å²) in [5.41, 5.74) is 0.956. The number of rotatable bonds is 4. The second-order valence-corrected chi connectivity index (χ2v) is 5.15. The average molecular weight is 315 g/mol. The Labute approximate surface area is 126 Å². The molecule has 2 rings (SSSR count). The van der Waals surface area contributed by atoms with Gasteiger partial charge in [0.15, 0.2) is 0 Å². The fourth-order valence-electron chi connectivity index (χ4n) is 1.76. The lowest BCUT2D eigenvalue weighted by atomic mass is 10.1. The summed E-state index contributed by atoms with van der Waals surface area (Å²) in [5.74, 6) is -0.141. The SMILES string of the molecule is CC(O)c1ccc(OCc2cccc(Cl)c2Cl)cc1F. The lowest BCUT2D eigenvalue weighted by Crippen LogP contribution is -1.99. The van der Waals surface area contributed by atoms with E-state index in [1.807, 2.05) is 0 Å². The van der Waals surface area contributed by atoms with E-state index in [0.29, 0.717) is 15.8 Å². The van der Waals surface area contributed by atoms with Crippen LogP contribution in [0.15, 0.2) is 36.4 Å². The molecule has 0 spiro atoms. The van der Waals surface area contributed by atoms with Crippen molar-refractivity contribution in [1.29, 1.82) is 0 Å². The fraction of sp³-hybridized carbons (Fsp3) is 0.200. The van der Waals surface area contributed by atoms with E-state index in [1.54, 1.807) is 24.3 Å². The predicted octanol–water partition coefficient (Wildman–Crippen LogP) is 4.76. The van der Waals surface area contributed by atoms with Gasteiger partial charge in [0.1, 0.15) is 18.2 Å². The Morgan fingerprint density at radius 1 is 1.25 bits per heavy atom. The third-order valence-corrected chi connectivity index (χ3v) is 3.71. The molecule has 0 aliphatic heterocycles. The fourth-order valence-corrected chi connectivity index (χ4v) is 2.13. The average Bonchev–Trinajstić information content (AvgIpc) is 2.40.